The van der Waals surface area contributed by atoms with Gasteiger partial charge in [0.15, 0.2) is 0 Å². The number of hydrogen-bond donors (Lipinski definition) is 0. The van der Waals surface area contributed by atoms with E-state index in [0.717, 1.165) is 16.8 Å². The number of fused-ring (bicyclic) bond motifs is 1. The summed E-state index contributed by atoms with van der Waals surface area (Å²) < 4.78 is 0. The number of carbonyl (C=O) groups is 1. The molecule has 0 unspecified atom stereocenters. The predicted octanol–water partition coefficient (Wildman–Crippen LogP) is 2.62. The Morgan fingerprint density at radius 2 is 2.20 bits per heavy atom. The number of rotatable bonds is 1. The van der Waals surface area contributed by atoms with Crippen molar-refractivity contribution in [2.24, 2.45) is 0 Å². The van der Waals surface area contributed by atoms with Crippen LogP contribution in [-0.4, -0.2) is 12.5 Å². The molecule has 1 aromatic carbocycles. The van der Waals surface area contributed by atoms with E-state index >= 15 is 0 Å². The summed E-state index contributed by atoms with van der Waals surface area (Å²) in [7, 11) is 0. The number of anilines is 1. The van der Waals surface area contributed by atoms with Crippen molar-refractivity contribution in [2.45, 2.75) is 6.92 Å². The van der Waals surface area contributed by atoms with Crippen LogP contribution in [0.15, 0.2) is 43.0 Å². The van der Waals surface area contributed by atoms with E-state index in [0.29, 0.717) is 6.54 Å². The minimum atomic E-state index is 0.0786. The number of allylic oxidation sites excluding steroid dienone is 2. The minimum absolute atomic E-state index is 0.0786. The van der Waals surface area contributed by atoms with Crippen LogP contribution >= 0.6 is 0 Å². The Labute approximate surface area is 89.5 Å². The number of para-hydroxylation sites is 1. The van der Waals surface area contributed by atoms with Crippen molar-refractivity contribution in [2.75, 3.05) is 11.4 Å². The molecule has 76 valence electrons. The van der Waals surface area contributed by atoms with Gasteiger partial charge in [0.2, 0.25) is 5.91 Å². The van der Waals surface area contributed by atoms with Crippen molar-refractivity contribution >= 4 is 17.2 Å². The first kappa shape index (κ1) is 9.71. The topological polar surface area (TPSA) is 20.3 Å². The molecule has 0 radical (unpaired) electrons. The van der Waals surface area contributed by atoms with Crippen molar-refractivity contribution in [1.29, 1.82) is 0 Å². The first-order valence-corrected chi connectivity index (χ1v) is 4.93. The average molecular weight is 199 g/mol. The Morgan fingerprint density at radius 3 is 2.87 bits per heavy atom. The van der Waals surface area contributed by atoms with E-state index < -0.39 is 0 Å². The summed E-state index contributed by atoms with van der Waals surface area (Å²) in [5.41, 5.74) is 3.28. The van der Waals surface area contributed by atoms with Crippen LogP contribution in [0.5, 0.6) is 0 Å². The molecule has 1 heterocycles. The highest BCUT2D eigenvalue weighted by molar-refractivity contribution is 6.01. The first-order chi connectivity index (χ1) is 7.24. The Morgan fingerprint density at radius 1 is 1.47 bits per heavy atom. The van der Waals surface area contributed by atoms with Gasteiger partial charge in [-0.1, -0.05) is 36.9 Å². The summed E-state index contributed by atoms with van der Waals surface area (Å²) in [5, 5.41) is 0. The third-order valence-corrected chi connectivity index (χ3v) is 2.57. The Bertz CT molecular complexity index is 446. The average Bonchev–Trinajstić information content (AvgIpc) is 2.59. The fourth-order valence-electron chi connectivity index (χ4n) is 1.89. The summed E-state index contributed by atoms with van der Waals surface area (Å²) in [6, 6.07) is 7.94. The van der Waals surface area contributed by atoms with Gasteiger partial charge in [0.1, 0.15) is 0 Å². The molecule has 0 spiro atoms. The molecule has 0 aliphatic carbocycles. The van der Waals surface area contributed by atoms with Gasteiger partial charge in [0.05, 0.1) is 12.2 Å². The third-order valence-electron chi connectivity index (χ3n) is 2.57. The van der Waals surface area contributed by atoms with Crippen LogP contribution in [0.2, 0.25) is 0 Å². The van der Waals surface area contributed by atoms with E-state index in [1.54, 1.807) is 17.9 Å². The molecule has 1 aliphatic heterocycles. The Kier molecular flexibility index (Phi) is 2.42. The summed E-state index contributed by atoms with van der Waals surface area (Å²) in [6.07, 6.45) is 3.72. The number of nitrogens with zero attached hydrogens (tertiary/aromatic N) is 1. The van der Waals surface area contributed by atoms with E-state index in [9.17, 15) is 4.79 Å². The van der Waals surface area contributed by atoms with Crippen LogP contribution in [0.3, 0.4) is 0 Å². The summed E-state index contributed by atoms with van der Waals surface area (Å²) in [5.74, 6) is 0.0786. The molecule has 0 saturated carbocycles. The highest BCUT2D eigenvalue weighted by Crippen LogP contribution is 2.35. The molecule has 2 rings (SSSR count). The summed E-state index contributed by atoms with van der Waals surface area (Å²) in [4.78, 5) is 13.2. The molecule has 2 nitrogen and oxygen atoms in total. The number of carbonyl (C=O) groups excluding carboxylic acids is 1. The molecule has 0 saturated heterocycles. The zero-order chi connectivity index (χ0) is 10.8. The van der Waals surface area contributed by atoms with Crippen molar-refractivity contribution in [1.82, 2.24) is 0 Å². The van der Waals surface area contributed by atoms with E-state index in [1.807, 2.05) is 30.3 Å². The van der Waals surface area contributed by atoms with Crippen LogP contribution < -0.4 is 4.90 Å². The fourth-order valence-corrected chi connectivity index (χ4v) is 1.89. The molecule has 15 heavy (non-hydrogen) atoms. The van der Waals surface area contributed by atoms with Gasteiger partial charge in [-0.3, -0.25) is 4.79 Å². The molecule has 0 atom stereocenters. The zero-order valence-corrected chi connectivity index (χ0v) is 8.73. The summed E-state index contributed by atoms with van der Waals surface area (Å²) >= 11 is 0. The standard InChI is InChI=1S/C13H13NO/c1-3-6-11-9-14(10(2)15)13-8-5-4-7-12(11)13/h3-8H,1,9H2,2H3/b11-6+. The Hall–Kier alpha value is -1.83. The first-order valence-electron chi connectivity index (χ1n) is 4.93. The fraction of sp³-hybridized carbons (Fsp3) is 0.154. The van der Waals surface area contributed by atoms with Gasteiger partial charge >= 0.3 is 0 Å². The normalized spacial score (nSPS) is 16.6. The molecule has 1 aliphatic rings. The van der Waals surface area contributed by atoms with E-state index in [2.05, 4.69) is 6.58 Å². The monoisotopic (exact) mass is 199 g/mol. The maximum atomic E-state index is 11.4. The number of benzene rings is 1. The van der Waals surface area contributed by atoms with Crippen LogP contribution in [0.4, 0.5) is 5.69 Å². The molecule has 0 bridgehead atoms. The van der Waals surface area contributed by atoms with Crippen LogP contribution in [0.1, 0.15) is 12.5 Å². The quantitative estimate of drug-likeness (QED) is 0.680. The lowest BCUT2D eigenvalue weighted by Crippen LogP contribution is -2.25. The van der Waals surface area contributed by atoms with E-state index in [-0.39, 0.29) is 5.91 Å². The highest BCUT2D eigenvalue weighted by Gasteiger charge is 2.24. The van der Waals surface area contributed by atoms with Gasteiger partial charge in [0, 0.05) is 12.5 Å². The molecule has 0 aromatic heterocycles. The SMILES string of the molecule is C=C/C=C1\CN(C(C)=O)c2ccccc21. The molecular formula is C13H13NO. The van der Waals surface area contributed by atoms with E-state index in [4.69, 9.17) is 0 Å². The van der Waals surface area contributed by atoms with Gasteiger partial charge in [-0.25, -0.2) is 0 Å². The molecule has 2 heteroatoms. The largest absolute Gasteiger partial charge is 0.308 e. The van der Waals surface area contributed by atoms with Gasteiger partial charge in [0.25, 0.3) is 0 Å². The van der Waals surface area contributed by atoms with Gasteiger partial charge in [-0.2, -0.15) is 0 Å². The van der Waals surface area contributed by atoms with Gasteiger partial charge in [-0.15, -0.1) is 0 Å². The van der Waals surface area contributed by atoms with Gasteiger partial charge in [-0.05, 0) is 11.6 Å². The number of amides is 1. The molecule has 0 N–H and O–H groups in total. The molecular weight excluding hydrogens is 186 g/mol. The maximum Gasteiger partial charge on any atom is 0.224 e. The second-order valence-electron chi connectivity index (χ2n) is 3.55. The lowest BCUT2D eigenvalue weighted by Gasteiger charge is -2.13. The second kappa shape index (κ2) is 3.73. The molecule has 0 fully saturated rings. The zero-order valence-electron chi connectivity index (χ0n) is 8.73. The molecule has 1 aromatic rings. The van der Waals surface area contributed by atoms with E-state index in [1.165, 1.54) is 0 Å². The predicted molar refractivity (Wildman–Crippen MR) is 62.6 cm³/mol. The van der Waals surface area contributed by atoms with Crippen LogP contribution in [0.25, 0.3) is 5.57 Å². The maximum absolute atomic E-state index is 11.4. The summed E-state index contributed by atoms with van der Waals surface area (Å²) in [6.45, 7) is 5.93. The molecule has 1 amide bonds. The minimum Gasteiger partial charge on any atom is -0.308 e. The van der Waals surface area contributed by atoms with Crippen molar-refractivity contribution in [3.8, 4) is 0 Å². The van der Waals surface area contributed by atoms with Crippen molar-refractivity contribution in [3.63, 3.8) is 0 Å². The lowest BCUT2D eigenvalue weighted by atomic mass is 10.1. The third kappa shape index (κ3) is 1.59. The van der Waals surface area contributed by atoms with Gasteiger partial charge < -0.3 is 4.90 Å². The van der Waals surface area contributed by atoms with Crippen LogP contribution in [0, 0.1) is 0 Å². The highest BCUT2D eigenvalue weighted by atomic mass is 16.2. The van der Waals surface area contributed by atoms with Crippen molar-refractivity contribution in [3.05, 3.63) is 48.6 Å². The lowest BCUT2D eigenvalue weighted by molar-refractivity contribution is -0.116. The van der Waals surface area contributed by atoms with Crippen molar-refractivity contribution < 1.29 is 4.79 Å². The smallest absolute Gasteiger partial charge is 0.224 e. The van der Waals surface area contributed by atoms with Crippen LogP contribution in [-0.2, 0) is 4.79 Å². The second-order valence-corrected chi connectivity index (χ2v) is 3.55. The Balaban J connectivity index is 2.53. The number of hydrogen-bond acceptors (Lipinski definition) is 1.